The smallest absolute Gasteiger partial charge is 0.342 e. The number of hydrogen-bond donors (Lipinski definition) is 1. The highest BCUT2D eigenvalue weighted by molar-refractivity contribution is 5.93. The van der Waals surface area contributed by atoms with Crippen LogP contribution in [0.5, 0.6) is 17.2 Å². The molecular formula is C16H16O4. The van der Waals surface area contributed by atoms with Crippen LogP contribution in [0.15, 0.2) is 48.5 Å². The SMILES string of the molecule is CC(C)OC(=O)c1cc(Oc2ccccc2)ccc1O. The highest BCUT2D eigenvalue weighted by Crippen LogP contribution is 2.27. The Kier molecular flexibility index (Phi) is 4.25. The minimum Gasteiger partial charge on any atom is -0.507 e. The summed E-state index contributed by atoms with van der Waals surface area (Å²) in [6, 6.07) is 13.7. The molecule has 0 aliphatic rings. The third kappa shape index (κ3) is 3.51. The second kappa shape index (κ2) is 6.10. The number of hydrogen-bond acceptors (Lipinski definition) is 4. The van der Waals surface area contributed by atoms with E-state index in [1.807, 2.05) is 18.2 Å². The van der Waals surface area contributed by atoms with Crippen molar-refractivity contribution in [3.8, 4) is 17.2 Å². The van der Waals surface area contributed by atoms with Crippen LogP contribution in [0.3, 0.4) is 0 Å². The summed E-state index contributed by atoms with van der Waals surface area (Å²) in [5.41, 5.74) is 0.0899. The number of esters is 1. The molecule has 0 saturated heterocycles. The van der Waals surface area contributed by atoms with Crippen molar-refractivity contribution in [2.45, 2.75) is 20.0 Å². The number of phenolic OH excluding ortho intramolecular Hbond substituents is 1. The fraction of sp³-hybridized carbons (Fsp3) is 0.188. The predicted molar refractivity (Wildman–Crippen MR) is 75.2 cm³/mol. The average molecular weight is 272 g/mol. The summed E-state index contributed by atoms with van der Waals surface area (Å²) in [5, 5.41) is 9.73. The van der Waals surface area contributed by atoms with Gasteiger partial charge in [0.2, 0.25) is 0 Å². The first-order valence-electron chi connectivity index (χ1n) is 6.33. The van der Waals surface area contributed by atoms with Gasteiger partial charge >= 0.3 is 5.97 Å². The van der Waals surface area contributed by atoms with Crippen molar-refractivity contribution in [1.82, 2.24) is 0 Å². The minimum atomic E-state index is -0.573. The molecule has 2 aromatic carbocycles. The van der Waals surface area contributed by atoms with Crippen LogP contribution in [-0.4, -0.2) is 17.2 Å². The van der Waals surface area contributed by atoms with Crippen LogP contribution >= 0.6 is 0 Å². The summed E-state index contributed by atoms with van der Waals surface area (Å²) >= 11 is 0. The topological polar surface area (TPSA) is 55.8 Å². The van der Waals surface area contributed by atoms with Crippen molar-refractivity contribution in [2.24, 2.45) is 0 Å². The summed E-state index contributed by atoms with van der Waals surface area (Å²) in [7, 11) is 0. The van der Waals surface area contributed by atoms with Gasteiger partial charge < -0.3 is 14.6 Å². The normalized spacial score (nSPS) is 10.3. The Labute approximate surface area is 117 Å². The van der Waals surface area contributed by atoms with Gasteiger partial charge in [0.15, 0.2) is 0 Å². The standard InChI is InChI=1S/C16H16O4/c1-11(2)19-16(18)14-10-13(8-9-15(14)17)20-12-6-4-3-5-7-12/h3-11,17H,1-2H3. The molecule has 0 aliphatic heterocycles. The van der Waals surface area contributed by atoms with Gasteiger partial charge in [-0.25, -0.2) is 4.79 Å². The zero-order valence-corrected chi connectivity index (χ0v) is 11.4. The molecule has 104 valence electrons. The summed E-state index contributed by atoms with van der Waals surface area (Å²) in [6.07, 6.45) is -0.249. The summed E-state index contributed by atoms with van der Waals surface area (Å²) in [5.74, 6) is 0.415. The summed E-state index contributed by atoms with van der Waals surface area (Å²) in [6.45, 7) is 3.50. The molecule has 2 aromatic rings. The lowest BCUT2D eigenvalue weighted by Gasteiger charge is -2.11. The molecule has 0 atom stereocenters. The molecule has 0 saturated carbocycles. The van der Waals surface area contributed by atoms with Crippen molar-refractivity contribution in [2.75, 3.05) is 0 Å². The Morgan fingerprint density at radius 3 is 2.40 bits per heavy atom. The van der Waals surface area contributed by atoms with Crippen molar-refractivity contribution < 1.29 is 19.4 Å². The maximum absolute atomic E-state index is 11.8. The highest BCUT2D eigenvalue weighted by Gasteiger charge is 2.15. The average Bonchev–Trinajstić information content (AvgIpc) is 2.41. The van der Waals surface area contributed by atoms with Gasteiger partial charge in [0, 0.05) is 0 Å². The van der Waals surface area contributed by atoms with E-state index in [1.165, 1.54) is 12.1 Å². The van der Waals surface area contributed by atoms with Gasteiger partial charge in [-0.05, 0) is 44.2 Å². The van der Waals surface area contributed by atoms with Crippen LogP contribution in [0.4, 0.5) is 0 Å². The van der Waals surface area contributed by atoms with Crippen LogP contribution < -0.4 is 4.74 Å². The van der Waals surface area contributed by atoms with Crippen molar-refractivity contribution in [3.05, 3.63) is 54.1 Å². The van der Waals surface area contributed by atoms with Gasteiger partial charge in [0.1, 0.15) is 22.8 Å². The zero-order chi connectivity index (χ0) is 14.5. The monoisotopic (exact) mass is 272 g/mol. The van der Waals surface area contributed by atoms with E-state index in [-0.39, 0.29) is 17.4 Å². The third-order valence-electron chi connectivity index (χ3n) is 2.51. The van der Waals surface area contributed by atoms with E-state index in [0.29, 0.717) is 11.5 Å². The fourth-order valence-corrected chi connectivity index (χ4v) is 1.64. The molecule has 0 fully saturated rings. The lowest BCUT2D eigenvalue weighted by Crippen LogP contribution is -2.11. The number of carbonyl (C=O) groups is 1. The van der Waals surface area contributed by atoms with Crippen molar-refractivity contribution in [1.29, 1.82) is 0 Å². The van der Waals surface area contributed by atoms with Crippen LogP contribution in [0.25, 0.3) is 0 Å². The van der Waals surface area contributed by atoms with Gasteiger partial charge in [0.25, 0.3) is 0 Å². The molecule has 0 amide bonds. The summed E-state index contributed by atoms with van der Waals surface area (Å²) < 4.78 is 10.7. The maximum Gasteiger partial charge on any atom is 0.342 e. The van der Waals surface area contributed by atoms with Crippen LogP contribution in [0.2, 0.25) is 0 Å². The molecule has 20 heavy (non-hydrogen) atoms. The summed E-state index contributed by atoms with van der Waals surface area (Å²) in [4.78, 5) is 11.8. The van der Waals surface area contributed by atoms with Crippen LogP contribution in [0.1, 0.15) is 24.2 Å². The number of phenols is 1. The van der Waals surface area contributed by atoms with E-state index >= 15 is 0 Å². The van der Waals surface area contributed by atoms with Crippen LogP contribution in [0, 0.1) is 0 Å². The Hall–Kier alpha value is -2.49. The number of para-hydroxylation sites is 1. The zero-order valence-electron chi connectivity index (χ0n) is 11.4. The second-order valence-electron chi connectivity index (χ2n) is 4.55. The fourth-order valence-electron chi connectivity index (χ4n) is 1.64. The van der Waals surface area contributed by atoms with E-state index in [2.05, 4.69) is 0 Å². The first-order chi connectivity index (χ1) is 9.56. The molecule has 0 bridgehead atoms. The molecule has 4 heteroatoms. The van der Waals surface area contributed by atoms with Crippen molar-refractivity contribution >= 4 is 5.97 Å². The van der Waals surface area contributed by atoms with Gasteiger partial charge in [-0.2, -0.15) is 0 Å². The molecule has 2 rings (SSSR count). The highest BCUT2D eigenvalue weighted by atomic mass is 16.5. The molecule has 0 spiro atoms. The van der Waals surface area contributed by atoms with E-state index in [0.717, 1.165) is 0 Å². The van der Waals surface area contributed by atoms with E-state index in [4.69, 9.17) is 9.47 Å². The molecule has 0 heterocycles. The first-order valence-corrected chi connectivity index (χ1v) is 6.33. The molecule has 4 nitrogen and oxygen atoms in total. The molecule has 1 N–H and O–H groups in total. The number of rotatable bonds is 4. The van der Waals surface area contributed by atoms with E-state index in [1.54, 1.807) is 32.0 Å². The Morgan fingerprint density at radius 2 is 1.75 bits per heavy atom. The quantitative estimate of drug-likeness (QED) is 0.861. The maximum atomic E-state index is 11.8. The van der Waals surface area contributed by atoms with Gasteiger partial charge in [-0.3, -0.25) is 0 Å². The second-order valence-corrected chi connectivity index (χ2v) is 4.55. The Morgan fingerprint density at radius 1 is 1.05 bits per heavy atom. The Bertz CT molecular complexity index is 591. The minimum absolute atomic E-state index is 0.0899. The van der Waals surface area contributed by atoms with Gasteiger partial charge in [-0.15, -0.1) is 0 Å². The lowest BCUT2D eigenvalue weighted by molar-refractivity contribution is 0.0374. The first kappa shape index (κ1) is 13.9. The van der Waals surface area contributed by atoms with Crippen molar-refractivity contribution in [3.63, 3.8) is 0 Å². The Balaban J connectivity index is 2.22. The lowest BCUT2D eigenvalue weighted by atomic mass is 10.2. The van der Waals surface area contributed by atoms with Gasteiger partial charge in [0.05, 0.1) is 6.10 Å². The molecule has 0 unspecified atom stereocenters. The molecule has 0 aromatic heterocycles. The number of aromatic hydroxyl groups is 1. The largest absolute Gasteiger partial charge is 0.507 e. The molecular weight excluding hydrogens is 256 g/mol. The van der Waals surface area contributed by atoms with E-state index in [9.17, 15) is 9.90 Å². The number of ether oxygens (including phenoxy) is 2. The molecule has 0 radical (unpaired) electrons. The van der Waals surface area contributed by atoms with E-state index < -0.39 is 5.97 Å². The van der Waals surface area contributed by atoms with Gasteiger partial charge in [-0.1, -0.05) is 18.2 Å². The molecule has 0 aliphatic carbocycles. The number of benzene rings is 2. The van der Waals surface area contributed by atoms with Crippen LogP contribution in [-0.2, 0) is 4.74 Å². The third-order valence-corrected chi connectivity index (χ3v) is 2.51. The predicted octanol–water partition coefficient (Wildman–Crippen LogP) is 3.75. The number of carbonyl (C=O) groups excluding carboxylic acids is 1.